The van der Waals surface area contributed by atoms with Gasteiger partial charge in [-0.3, -0.25) is 4.90 Å². The van der Waals surface area contributed by atoms with Gasteiger partial charge in [-0.15, -0.1) is 12.6 Å². The van der Waals surface area contributed by atoms with Gasteiger partial charge in [0.25, 0.3) is 0 Å². The fraction of sp³-hybridized carbons (Fsp3) is 0.765. The maximum absolute atomic E-state index is 4.78. The molecule has 0 atom stereocenters. The zero-order chi connectivity index (χ0) is 15.0. The number of hydrogen-bond donors (Lipinski definition) is 1. The molecule has 1 heterocycles. The number of nitrogens with two attached hydrogens (primary N) is 1. The summed E-state index contributed by atoms with van der Waals surface area (Å²) in [7, 11) is 1.39. The van der Waals surface area contributed by atoms with Gasteiger partial charge in [-0.05, 0) is 32.1 Å². The van der Waals surface area contributed by atoms with E-state index in [2.05, 4.69) is 53.0 Å². The fourth-order valence-electron chi connectivity index (χ4n) is 2.48. The first-order valence-electron chi connectivity index (χ1n) is 7.46. The fourth-order valence-corrected chi connectivity index (χ4v) is 2.48. The lowest BCUT2D eigenvalue weighted by atomic mass is 9.85. The van der Waals surface area contributed by atoms with Crippen molar-refractivity contribution in [2.75, 3.05) is 13.1 Å². The third-order valence-electron chi connectivity index (χ3n) is 3.71. The molecule has 1 radical (unpaired) electrons. The largest absolute Gasteiger partial charge is 0.371 e. The van der Waals surface area contributed by atoms with Crippen LogP contribution in [0.3, 0.4) is 0 Å². The van der Waals surface area contributed by atoms with Gasteiger partial charge in [0.05, 0.1) is 0 Å². The smallest absolute Gasteiger partial charge is 0.233 e. The summed E-state index contributed by atoms with van der Waals surface area (Å²) in [4.78, 5) is 2.60. The van der Waals surface area contributed by atoms with Crippen LogP contribution in [0.5, 0.6) is 0 Å². The summed E-state index contributed by atoms with van der Waals surface area (Å²) in [6, 6.07) is 0.687. The van der Waals surface area contributed by atoms with Gasteiger partial charge < -0.3 is 5.64 Å². The Balaban J connectivity index is 0. The lowest BCUT2D eigenvalue weighted by Crippen LogP contribution is -2.38. The first-order valence-corrected chi connectivity index (χ1v) is 7.46. The lowest BCUT2D eigenvalue weighted by Gasteiger charge is -2.36. The summed E-state index contributed by atoms with van der Waals surface area (Å²) in [5.74, 6) is 2.97. The minimum absolute atomic E-state index is 0. The molecular weight excluding hydrogens is 243 g/mol. The van der Waals surface area contributed by atoms with E-state index in [1.165, 1.54) is 32.9 Å². The van der Waals surface area contributed by atoms with Crippen molar-refractivity contribution in [2.24, 2.45) is 17.5 Å². The predicted octanol–water partition coefficient (Wildman–Crippen LogP) is 4.05. The second-order valence-electron chi connectivity index (χ2n) is 6.10. The molecule has 2 nitrogen and oxygen atoms in total. The van der Waals surface area contributed by atoms with E-state index in [0.29, 0.717) is 12.0 Å². The van der Waals surface area contributed by atoms with Gasteiger partial charge in [0.15, 0.2) is 0 Å². The van der Waals surface area contributed by atoms with Crippen molar-refractivity contribution in [2.45, 2.75) is 61.4 Å². The van der Waals surface area contributed by atoms with Crippen LogP contribution in [0.25, 0.3) is 0 Å². The molecule has 117 valence electrons. The van der Waals surface area contributed by atoms with E-state index in [1.807, 2.05) is 0 Å². The number of rotatable bonds is 4. The molecule has 1 aliphatic heterocycles. The monoisotopic (exact) mass is 279 g/mol. The lowest BCUT2D eigenvalue weighted by molar-refractivity contribution is 0.220. The van der Waals surface area contributed by atoms with Crippen LogP contribution in [0.15, 0.2) is 23.7 Å². The summed E-state index contributed by atoms with van der Waals surface area (Å²) in [5.41, 5.74) is 8.21. The Morgan fingerprint density at radius 1 is 1.10 bits per heavy atom. The molecule has 0 aromatic heterocycles. The Kier molecular flexibility index (Phi) is 12.1. The molecule has 0 amide bonds. The minimum atomic E-state index is 0. The van der Waals surface area contributed by atoms with Crippen LogP contribution >= 0.6 is 0 Å². The molecule has 20 heavy (non-hydrogen) atoms. The molecule has 0 aliphatic carbocycles. The van der Waals surface area contributed by atoms with E-state index in [-0.39, 0.29) is 7.43 Å². The van der Waals surface area contributed by atoms with Crippen LogP contribution < -0.4 is 5.64 Å². The highest BCUT2D eigenvalue weighted by atomic mass is 15.1. The highest BCUT2D eigenvalue weighted by Gasteiger charge is 2.23. The second kappa shape index (κ2) is 11.2. The van der Waals surface area contributed by atoms with Crippen LogP contribution in [0, 0.1) is 11.8 Å². The Hall–Kier alpha value is -0.535. The molecule has 1 rings (SSSR count). The van der Waals surface area contributed by atoms with Gasteiger partial charge >= 0.3 is 0 Å². The first kappa shape index (κ1) is 21.8. The van der Waals surface area contributed by atoms with E-state index >= 15 is 0 Å². The molecule has 0 saturated carbocycles. The standard InChI is InChI=1S/C14H27N.C2H5BN.CH4/c1-10(2)13-7-8-15(12(5)6)9-14(13)11(3)4;1-2-3-4;/h10-12H,7-9H2,1-6H3;2H,1,4H2;1H4. The summed E-state index contributed by atoms with van der Waals surface area (Å²) in [6.45, 7) is 19.7. The molecule has 0 aromatic carbocycles. The number of hydrogen-bond acceptors (Lipinski definition) is 2. The molecule has 0 saturated heterocycles. The molecule has 0 fully saturated rings. The third kappa shape index (κ3) is 7.30. The normalized spacial score (nSPS) is 15.9. The van der Waals surface area contributed by atoms with Crippen molar-refractivity contribution in [3.05, 3.63) is 23.7 Å². The van der Waals surface area contributed by atoms with E-state index in [0.717, 1.165) is 5.92 Å². The minimum Gasteiger partial charge on any atom is -0.371 e. The van der Waals surface area contributed by atoms with Crippen molar-refractivity contribution < 1.29 is 0 Å². The third-order valence-corrected chi connectivity index (χ3v) is 3.71. The van der Waals surface area contributed by atoms with Crippen molar-refractivity contribution in [3.63, 3.8) is 0 Å². The average Bonchev–Trinajstić information content (AvgIpc) is 2.37. The maximum Gasteiger partial charge on any atom is 0.233 e. The Labute approximate surface area is 128 Å². The molecule has 3 heteroatoms. The summed E-state index contributed by atoms with van der Waals surface area (Å²) in [5, 5.41) is 0. The SMILES string of the molecule is C.C=C[B]N.CC(C)C1=C(C(C)C)CN(C(C)C)CC1. The van der Waals surface area contributed by atoms with Gasteiger partial charge in [-0.2, -0.15) is 0 Å². The van der Waals surface area contributed by atoms with E-state index < -0.39 is 0 Å². The maximum atomic E-state index is 4.78. The Bertz CT molecular complexity index is 293. The molecular formula is C17H36BN2. The van der Waals surface area contributed by atoms with Crippen LogP contribution in [0.1, 0.15) is 55.4 Å². The van der Waals surface area contributed by atoms with Gasteiger partial charge in [0, 0.05) is 19.1 Å². The molecule has 2 N–H and O–H groups in total. The molecule has 0 unspecified atom stereocenters. The van der Waals surface area contributed by atoms with Crippen LogP contribution in [0.2, 0.25) is 0 Å². The van der Waals surface area contributed by atoms with Gasteiger partial charge in [-0.25, -0.2) is 0 Å². The highest BCUT2D eigenvalue weighted by Crippen LogP contribution is 2.29. The zero-order valence-electron chi connectivity index (χ0n) is 13.7. The van der Waals surface area contributed by atoms with Crippen molar-refractivity contribution in [3.8, 4) is 0 Å². The molecule has 0 spiro atoms. The first-order chi connectivity index (χ1) is 8.84. The van der Waals surface area contributed by atoms with Crippen molar-refractivity contribution in [1.82, 2.24) is 4.90 Å². The van der Waals surface area contributed by atoms with Crippen molar-refractivity contribution >= 4 is 7.41 Å². The molecule has 0 aromatic rings. The predicted molar refractivity (Wildman–Crippen MR) is 94.9 cm³/mol. The second-order valence-corrected chi connectivity index (χ2v) is 6.10. The summed E-state index contributed by atoms with van der Waals surface area (Å²) >= 11 is 0. The number of nitrogens with zero attached hydrogens (tertiary/aromatic N) is 1. The Morgan fingerprint density at radius 3 is 1.85 bits per heavy atom. The quantitative estimate of drug-likeness (QED) is 0.621. The average molecular weight is 279 g/mol. The van der Waals surface area contributed by atoms with Crippen LogP contribution in [-0.2, 0) is 0 Å². The van der Waals surface area contributed by atoms with E-state index in [4.69, 9.17) is 5.64 Å². The van der Waals surface area contributed by atoms with Crippen molar-refractivity contribution in [1.29, 1.82) is 0 Å². The topological polar surface area (TPSA) is 29.3 Å². The summed E-state index contributed by atoms with van der Waals surface area (Å²) in [6.07, 6.45) is 1.28. The van der Waals surface area contributed by atoms with Gasteiger partial charge in [0.2, 0.25) is 7.41 Å². The van der Waals surface area contributed by atoms with Gasteiger partial charge in [-0.1, -0.05) is 46.3 Å². The highest BCUT2D eigenvalue weighted by molar-refractivity contribution is 6.37. The van der Waals surface area contributed by atoms with E-state index in [1.54, 1.807) is 11.1 Å². The molecule has 1 aliphatic rings. The van der Waals surface area contributed by atoms with E-state index in [9.17, 15) is 0 Å². The Morgan fingerprint density at radius 2 is 1.55 bits per heavy atom. The van der Waals surface area contributed by atoms with Crippen LogP contribution in [-0.4, -0.2) is 31.4 Å². The van der Waals surface area contributed by atoms with Crippen LogP contribution in [0.4, 0.5) is 0 Å². The summed E-state index contributed by atoms with van der Waals surface area (Å²) < 4.78 is 0. The zero-order valence-corrected chi connectivity index (χ0v) is 13.7. The molecule has 0 bridgehead atoms. The van der Waals surface area contributed by atoms with Gasteiger partial charge in [0.1, 0.15) is 0 Å².